The van der Waals surface area contributed by atoms with Crippen molar-refractivity contribution in [3.63, 3.8) is 0 Å². The number of aryl methyl sites for hydroxylation is 1. The van der Waals surface area contributed by atoms with E-state index in [1.165, 1.54) is 18.4 Å². The van der Waals surface area contributed by atoms with Crippen LogP contribution in [-0.4, -0.2) is 33.0 Å². The Morgan fingerprint density at radius 1 is 1.25 bits per heavy atom. The molecule has 0 saturated carbocycles. The van der Waals surface area contributed by atoms with Crippen LogP contribution in [0.15, 0.2) is 24.5 Å². The van der Waals surface area contributed by atoms with Crippen molar-refractivity contribution in [2.24, 2.45) is 0 Å². The highest BCUT2D eigenvalue weighted by molar-refractivity contribution is 7.80. The number of halogens is 2. The monoisotopic (exact) mass is 509 g/mol. The molecule has 2 aromatic heterocycles. The third-order valence-corrected chi connectivity index (χ3v) is 7.15. The Kier molecular flexibility index (Phi) is 7.30. The maximum Gasteiger partial charge on any atom is 0.341 e. The van der Waals surface area contributed by atoms with E-state index in [-0.39, 0.29) is 5.97 Å². The topological polar surface area (TPSA) is 81.1 Å². The van der Waals surface area contributed by atoms with E-state index >= 15 is 0 Å². The molecular weight excluding hydrogens is 489 g/mol. The van der Waals surface area contributed by atoms with Crippen molar-refractivity contribution in [2.75, 3.05) is 17.7 Å². The lowest BCUT2D eigenvalue weighted by atomic mass is 10.1. The van der Waals surface area contributed by atoms with Crippen LogP contribution in [-0.2, 0) is 24.1 Å². The number of benzene rings is 1. The van der Waals surface area contributed by atoms with Crippen LogP contribution < -0.4 is 10.6 Å². The molecule has 2 heterocycles. The molecule has 0 unspecified atom stereocenters. The Balaban J connectivity index is 1.46. The summed E-state index contributed by atoms with van der Waals surface area (Å²) in [5.74, 6) is -0.0118. The number of nitrogens with one attached hydrogen (secondary N) is 2. The Hall–Kier alpha value is -2.20. The van der Waals surface area contributed by atoms with Gasteiger partial charge in [-0.1, -0.05) is 35.7 Å². The standard InChI is InChI=1S/C21H21Cl2N5O2S2/c1-30-19(29)17-14-5-3-2-4-6-16(14)32-18(17)25-21(31)26-20-24-11-28(27-20)10-12-7-8-13(22)9-15(12)23/h7-9,11H,2-6,10H2,1H3,(H2,25,26,27,31). The molecule has 0 spiro atoms. The van der Waals surface area contributed by atoms with Gasteiger partial charge in [0.1, 0.15) is 11.3 Å². The molecule has 32 heavy (non-hydrogen) atoms. The number of rotatable bonds is 5. The molecule has 3 aromatic rings. The number of carbonyl (C=O) groups excluding carboxylic acids is 1. The van der Waals surface area contributed by atoms with Crippen LogP contribution >= 0.6 is 46.8 Å². The highest BCUT2D eigenvalue weighted by Gasteiger charge is 2.26. The van der Waals surface area contributed by atoms with Crippen molar-refractivity contribution in [1.82, 2.24) is 14.8 Å². The van der Waals surface area contributed by atoms with Crippen molar-refractivity contribution in [1.29, 1.82) is 0 Å². The van der Waals surface area contributed by atoms with E-state index in [2.05, 4.69) is 20.7 Å². The van der Waals surface area contributed by atoms with Gasteiger partial charge in [-0.15, -0.1) is 16.4 Å². The highest BCUT2D eigenvalue weighted by atomic mass is 35.5. The van der Waals surface area contributed by atoms with Crippen LogP contribution in [0.2, 0.25) is 10.0 Å². The number of carbonyl (C=O) groups is 1. The zero-order chi connectivity index (χ0) is 22.7. The number of ether oxygens (including phenoxy) is 1. The van der Waals surface area contributed by atoms with Gasteiger partial charge in [-0.25, -0.2) is 14.5 Å². The Morgan fingerprint density at radius 2 is 2.06 bits per heavy atom. The molecule has 7 nitrogen and oxygen atoms in total. The number of thiocarbonyl (C=S) groups is 1. The lowest BCUT2D eigenvalue weighted by Crippen LogP contribution is -2.21. The molecule has 0 fully saturated rings. The molecule has 0 bridgehead atoms. The molecule has 2 N–H and O–H groups in total. The van der Waals surface area contributed by atoms with Gasteiger partial charge in [0, 0.05) is 14.9 Å². The molecule has 1 aliphatic rings. The minimum absolute atomic E-state index is 0.300. The average molecular weight is 510 g/mol. The van der Waals surface area contributed by atoms with Gasteiger partial charge in [-0.3, -0.25) is 5.32 Å². The largest absolute Gasteiger partial charge is 0.465 e. The van der Waals surface area contributed by atoms with Gasteiger partial charge in [0.25, 0.3) is 0 Å². The van der Waals surface area contributed by atoms with Crippen LogP contribution in [0.4, 0.5) is 10.9 Å². The Labute approximate surface area is 205 Å². The number of thiophene rings is 1. The second kappa shape index (κ2) is 10.2. The summed E-state index contributed by atoms with van der Waals surface area (Å²) in [5.41, 5.74) is 2.53. The maximum atomic E-state index is 12.5. The second-order valence-electron chi connectivity index (χ2n) is 7.34. The van der Waals surface area contributed by atoms with Crippen molar-refractivity contribution >= 4 is 68.8 Å². The third kappa shape index (κ3) is 5.23. The predicted octanol–water partition coefficient (Wildman–Crippen LogP) is 5.56. The molecule has 0 amide bonds. The predicted molar refractivity (Wildman–Crippen MR) is 132 cm³/mol. The zero-order valence-corrected chi connectivity index (χ0v) is 20.4. The van der Waals surface area contributed by atoms with Crippen molar-refractivity contribution in [2.45, 2.75) is 38.6 Å². The summed E-state index contributed by atoms with van der Waals surface area (Å²) in [5, 5.41) is 12.6. The molecule has 168 valence electrons. The number of fused-ring (bicyclic) bond motifs is 1. The summed E-state index contributed by atoms with van der Waals surface area (Å²) >= 11 is 19.2. The molecule has 4 rings (SSSR count). The number of hydrogen-bond donors (Lipinski definition) is 2. The van der Waals surface area contributed by atoms with Gasteiger partial charge in [0.2, 0.25) is 5.95 Å². The van der Waals surface area contributed by atoms with Crippen LogP contribution in [0.3, 0.4) is 0 Å². The second-order valence-corrected chi connectivity index (χ2v) is 9.70. The number of anilines is 2. The normalized spacial score (nSPS) is 13.2. The first-order chi connectivity index (χ1) is 15.4. The third-order valence-electron chi connectivity index (χ3n) is 5.15. The van der Waals surface area contributed by atoms with E-state index in [0.717, 1.165) is 36.8 Å². The lowest BCUT2D eigenvalue weighted by Gasteiger charge is -2.09. The molecular formula is C21H21Cl2N5O2S2. The van der Waals surface area contributed by atoms with Crippen LogP contribution in [0.5, 0.6) is 0 Å². The van der Waals surface area contributed by atoms with Crippen LogP contribution in [0.1, 0.15) is 45.6 Å². The summed E-state index contributed by atoms with van der Waals surface area (Å²) in [6.45, 7) is 0.439. The first-order valence-corrected chi connectivity index (χ1v) is 12.1. The fourth-order valence-electron chi connectivity index (χ4n) is 3.64. The van der Waals surface area contributed by atoms with Crippen molar-refractivity contribution in [3.05, 3.63) is 56.1 Å². The number of esters is 1. The van der Waals surface area contributed by atoms with E-state index in [0.29, 0.717) is 38.2 Å². The van der Waals surface area contributed by atoms with Gasteiger partial charge in [-0.2, -0.15) is 0 Å². The molecule has 1 aromatic carbocycles. The summed E-state index contributed by atoms with van der Waals surface area (Å²) in [6.07, 6.45) is 6.77. The van der Waals surface area contributed by atoms with E-state index in [1.807, 2.05) is 6.07 Å². The number of nitrogens with zero attached hydrogens (tertiary/aromatic N) is 3. The van der Waals surface area contributed by atoms with Gasteiger partial charge < -0.3 is 10.1 Å². The molecule has 0 saturated heterocycles. The van der Waals surface area contributed by atoms with E-state index in [4.69, 9.17) is 40.2 Å². The quantitative estimate of drug-likeness (QED) is 0.264. The Morgan fingerprint density at radius 3 is 2.84 bits per heavy atom. The number of aromatic nitrogens is 3. The zero-order valence-electron chi connectivity index (χ0n) is 17.3. The SMILES string of the molecule is COC(=O)c1c(NC(=S)Nc2ncn(Cc3ccc(Cl)cc3Cl)n2)sc2c1CCCCC2. The molecule has 0 radical (unpaired) electrons. The fourth-order valence-corrected chi connectivity index (χ4v) is 5.65. The first-order valence-electron chi connectivity index (χ1n) is 10.1. The number of hydrogen-bond acceptors (Lipinski definition) is 6. The summed E-state index contributed by atoms with van der Waals surface area (Å²) < 4.78 is 6.68. The van der Waals surface area contributed by atoms with E-state index < -0.39 is 0 Å². The lowest BCUT2D eigenvalue weighted by molar-refractivity contribution is 0.0601. The molecule has 1 aliphatic carbocycles. The van der Waals surface area contributed by atoms with Gasteiger partial charge in [0.05, 0.1) is 19.2 Å². The van der Waals surface area contributed by atoms with Crippen LogP contribution in [0.25, 0.3) is 0 Å². The minimum Gasteiger partial charge on any atom is -0.465 e. The van der Waals surface area contributed by atoms with Gasteiger partial charge in [-0.05, 0) is 61.2 Å². The summed E-state index contributed by atoms with van der Waals surface area (Å²) in [4.78, 5) is 17.9. The summed E-state index contributed by atoms with van der Waals surface area (Å²) in [6, 6.07) is 5.31. The van der Waals surface area contributed by atoms with Crippen molar-refractivity contribution < 1.29 is 9.53 Å². The molecule has 11 heteroatoms. The highest BCUT2D eigenvalue weighted by Crippen LogP contribution is 2.38. The van der Waals surface area contributed by atoms with E-state index in [1.54, 1.807) is 34.5 Å². The van der Waals surface area contributed by atoms with Crippen LogP contribution in [0, 0.1) is 0 Å². The molecule has 0 atom stereocenters. The van der Waals surface area contributed by atoms with Crippen molar-refractivity contribution in [3.8, 4) is 0 Å². The van der Waals surface area contributed by atoms with Gasteiger partial charge in [0.15, 0.2) is 5.11 Å². The maximum absolute atomic E-state index is 12.5. The first kappa shape index (κ1) is 23.0. The summed E-state index contributed by atoms with van der Waals surface area (Å²) in [7, 11) is 1.40. The smallest absolute Gasteiger partial charge is 0.341 e. The fraction of sp³-hybridized carbons (Fsp3) is 0.333. The minimum atomic E-state index is -0.350. The average Bonchev–Trinajstić information content (AvgIpc) is 3.25. The van der Waals surface area contributed by atoms with E-state index in [9.17, 15) is 4.79 Å². The number of methoxy groups -OCH3 is 1. The molecule has 0 aliphatic heterocycles. The Bertz CT molecular complexity index is 1160. The van der Waals surface area contributed by atoms with Gasteiger partial charge >= 0.3 is 5.97 Å².